The van der Waals surface area contributed by atoms with Crippen molar-refractivity contribution in [2.75, 3.05) is 6.54 Å². The van der Waals surface area contributed by atoms with Gasteiger partial charge in [0.1, 0.15) is 5.76 Å². The molecule has 0 saturated carbocycles. The smallest absolute Gasteiger partial charge is 0.241 e. The molecule has 118 valence electrons. The average molecular weight is 324 g/mol. The molecule has 7 nitrogen and oxygen atoms in total. The molecule has 0 radical (unpaired) electrons. The first kappa shape index (κ1) is 16.2. The summed E-state index contributed by atoms with van der Waals surface area (Å²) in [6, 6.07) is 9.27. The van der Waals surface area contributed by atoms with E-state index in [9.17, 15) is 18.5 Å². The third kappa shape index (κ3) is 3.52. The summed E-state index contributed by atoms with van der Waals surface area (Å²) in [6.45, 7) is 2.62. The predicted molar refractivity (Wildman–Crippen MR) is 79.4 cm³/mol. The summed E-state index contributed by atoms with van der Waals surface area (Å²) in [4.78, 5) is 10.4. The third-order valence-electron chi connectivity index (χ3n) is 3.20. The zero-order chi connectivity index (χ0) is 16.4. The quantitative estimate of drug-likeness (QED) is 0.647. The van der Waals surface area contributed by atoms with Crippen LogP contribution < -0.4 is 4.72 Å². The summed E-state index contributed by atoms with van der Waals surface area (Å²) in [7, 11) is -3.92. The number of nitrogens with one attached hydrogen (secondary N) is 1. The molecule has 0 aliphatic heterocycles. The standard InChI is InChI=1S/C14H16N2O5S/c1-11-5-7-12(8-6-11)22(19,20)15-14(2,10-16(17)18)13-4-3-9-21-13/h3-9,15H,10H2,1-2H3/t14-/m1/s1. The molecule has 0 bridgehead atoms. The highest BCUT2D eigenvalue weighted by atomic mass is 32.2. The lowest BCUT2D eigenvalue weighted by molar-refractivity contribution is -0.491. The van der Waals surface area contributed by atoms with E-state index in [-0.39, 0.29) is 10.7 Å². The first-order chi connectivity index (χ1) is 10.2. The predicted octanol–water partition coefficient (Wildman–Crippen LogP) is 2.06. The van der Waals surface area contributed by atoms with E-state index in [4.69, 9.17) is 4.42 Å². The van der Waals surface area contributed by atoms with Gasteiger partial charge in [-0.25, -0.2) is 8.42 Å². The van der Waals surface area contributed by atoms with Gasteiger partial charge in [-0.2, -0.15) is 4.72 Å². The SMILES string of the molecule is Cc1ccc(S(=O)(=O)N[C@](C)(C[N+](=O)[O-])c2ccco2)cc1. The van der Waals surface area contributed by atoms with Crippen molar-refractivity contribution >= 4 is 10.0 Å². The van der Waals surface area contributed by atoms with Gasteiger partial charge in [-0.05, 0) is 38.1 Å². The molecule has 2 rings (SSSR count). The van der Waals surface area contributed by atoms with Crippen LogP contribution in [0.3, 0.4) is 0 Å². The molecule has 8 heteroatoms. The second kappa shape index (κ2) is 5.90. The molecular formula is C14H16N2O5S. The summed E-state index contributed by atoms with van der Waals surface area (Å²) in [5.41, 5.74) is -0.561. The van der Waals surface area contributed by atoms with E-state index in [0.717, 1.165) is 5.56 Å². The van der Waals surface area contributed by atoms with Gasteiger partial charge >= 0.3 is 0 Å². The Morgan fingerprint density at radius 1 is 1.27 bits per heavy atom. The van der Waals surface area contributed by atoms with Crippen molar-refractivity contribution in [3.63, 3.8) is 0 Å². The molecular weight excluding hydrogens is 308 g/mol. The molecule has 0 spiro atoms. The average Bonchev–Trinajstić information content (AvgIpc) is 2.91. The summed E-state index contributed by atoms with van der Waals surface area (Å²) in [6.07, 6.45) is 1.34. The van der Waals surface area contributed by atoms with E-state index < -0.39 is 27.0 Å². The molecule has 1 aromatic carbocycles. The summed E-state index contributed by atoms with van der Waals surface area (Å²) < 4.78 is 32.5. The lowest BCUT2D eigenvalue weighted by atomic mass is 10.0. The van der Waals surface area contributed by atoms with Crippen LogP contribution in [0.5, 0.6) is 0 Å². The molecule has 0 aliphatic carbocycles. The monoisotopic (exact) mass is 324 g/mol. The van der Waals surface area contributed by atoms with Gasteiger partial charge in [-0.1, -0.05) is 17.7 Å². The molecule has 22 heavy (non-hydrogen) atoms. The number of benzene rings is 1. The van der Waals surface area contributed by atoms with E-state index >= 15 is 0 Å². The minimum Gasteiger partial charge on any atom is -0.467 e. The number of aryl methyl sites for hydroxylation is 1. The molecule has 0 saturated heterocycles. The number of hydrogen-bond donors (Lipinski definition) is 1. The van der Waals surface area contributed by atoms with E-state index in [2.05, 4.69) is 4.72 Å². The maximum atomic E-state index is 12.5. The Bertz CT molecular complexity index is 753. The fraction of sp³-hybridized carbons (Fsp3) is 0.286. The van der Waals surface area contributed by atoms with Crippen molar-refractivity contribution in [2.24, 2.45) is 0 Å². The second-order valence-electron chi connectivity index (χ2n) is 5.22. The zero-order valence-corrected chi connectivity index (χ0v) is 13.0. The van der Waals surface area contributed by atoms with E-state index in [0.29, 0.717) is 0 Å². The van der Waals surface area contributed by atoms with Crippen molar-refractivity contribution in [1.82, 2.24) is 4.72 Å². The van der Waals surface area contributed by atoms with E-state index in [1.807, 2.05) is 6.92 Å². The van der Waals surface area contributed by atoms with Crippen molar-refractivity contribution in [2.45, 2.75) is 24.3 Å². The Kier molecular flexibility index (Phi) is 4.34. The first-order valence-corrected chi connectivity index (χ1v) is 7.98. The normalized spacial score (nSPS) is 14.5. The van der Waals surface area contributed by atoms with Gasteiger partial charge in [0.15, 0.2) is 5.54 Å². The fourth-order valence-corrected chi connectivity index (χ4v) is 3.45. The van der Waals surface area contributed by atoms with Crippen LogP contribution >= 0.6 is 0 Å². The number of furan rings is 1. The Balaban J connectivity index is 2.38. The van der Waals surface area contributed by atoms with Crippen LogP contribution in [0.25, 0.3) is 0 Å². The van der Waals surface area contributed by atoms with E-state index in [1.54, 1.807) is 18.2 Å². The Labute approximate surface area is 128 Å². The van der Waals surface area contributed by atoms with Crippen molar-refractivity contribution in [3.05, 3.63) is 64.1 Å². The van der Waals surface area contributed by atoms with E-state index in [1.165, 1.54) is 31.4 Å². The second-order valence-corrected chi connectivity index (χ2v) is 6.90. The zero-order valence-electron chi connectivity index (χ0n) is 12.1. The van der Waals surface area contributed by atoms with Gasteiger partial charge in [-0.3, -0.25) is 10.1 Å². The van der Waals surface area contributed by atoms with Crippen LogP contribution in [0, 0.1) is 17.0 Å². The summed E-state index contributed by atoms with van der Waals surface area (Å²) >= 11 is 0. The minimum absolute atomic E-state index is 0.0410. The lowest BCUT2D eigenvalue weighted by Crippen LogP contribution is -2.48. The van der Waals surface area contributed by atoms with Crippen LogP contribution in [0.4, 0.5) is 0 Å². The summed E-state index contributed by atoms with van der Waals surface area (Å²) in [5.74, 6) is 0.180. The molecule has 2 aromatic rings. The lowest BCUT2D eigenvalue weighted by Gasteiger charge is -2.24. The molecule has 1 atom stereocenters. The van der Waals surface area contributed by atoms with Gasteiger partial charge in [0, 0.05) is 4.92 Å². The van der Waals surface area contributed by atoms with Gasteiger partial charge in [-0.15, -0.1) is 0 Å². The molecule has 0 fully saturated rings. The molecule has 0 amide bonds. The van der Waals surface area contributed by atoms with Gasteiger partial charge in [0.25, 0.3) is 0 Å². The molecule has 1 aromatic heterocycles. The largest absolute Gasteiger partial charge is 0.467 e. The highest BCUT2D eigenvalue weighted by Gasteiger charge is 2.39. The Morgan fingerprint density at radius 3 is 2.41 bits per heavy atom. The number of nitro groups is 1. The third-order valence-corrected chi connectivity index (χ3v) is 4.81. The van der Waals surface area contributed by atoms with Crippen molar-refractivity contribution in [1.29, 1.82) is 0 Å². The highest BCUT2D eigenvalue weighted by molar-refractivity contribution is 7.89. The van der Waals surface area contributed by atoms with Crippen molar-refractivity contribution in [3.8, 4) is 0 Å². The number of nitrogens with zero attached hydrogens (tertiary/aromatic N) is 1. The number of hydrogen-bond acceptors (Lipinski definition) is 5. The Hall–Kier alpha value is -2.19. The maximum Gasteiger partial charge on any atom is 0.241 e. The first-order valence-electron chi connectivity index (χ1n) is 6.49. The van der Waals surface area contributed by atoms with Crippen molar-refractivity contribution < 1.29 is 17.8 Å². The van der Waals surface area contributed by atoms with Crippen LogP contribution in [0.2, 0.25) is 0 Å². The maximum absolute atomic E-state index is 12.5. The minimum atomic E-state index is -3.92. The van der Waals surface area contributed by atoms with Gasteiger partial charge in [0.2, 0.25) is 16.6 Å². The van der Waals surface area contributed by atoms with Crippen LogP contribution in [0.1, 0.15) is 18.2 Å². The van der Waals surface area contributed by atoms with Gasteiger partial charge in [0.05, 0.1) is 11.2 Å². The fourth-order valence-electron chi connectivity index (χ4n) is 2.08. The number of sulfonamides is 1. The summed E-state index contributed by atoms with van der Waals surface area (Å²) in [5, 5.41) is 10.9. The Morgan fingerprint density at radius 2 is 1.91 bits per heavy atom. The topological polar surface area (TPSA) is 102 Å². The number of rotatable bonds is 6. The van der Waals surface area contributed by atoms with Crippen LogP contribution in [-0.2, 0) is 15.6 Å². The highest BCUT2D eigenvalue weighted by Crippen LogP contribution is 2.24. The van der Waals surface area contributed by atoms with Crippen LogP contribution in [0.15, 0.2) is 52.0 Å². The molecule has 0 aliphatic rings. The molecule has 0 unspecified atom stereocenters. The molecule has 1 heterocycles. The van der Waals surface area contributed by atoms with Crippen LogP contribution in [-0.4, -0.2) is 19.9 Å². The van der Waals surface area contributed by atoms with Gasteiger partial charge < -0.3 is 4.42 Å². The molecule has 1 N–H and O–H groups in total.